The van der Waals surface area contributed by atoms with Crippen molar-refractivity contribution in [1.82, 2.24) is 14.3 Å². The van der Waals surface area contributed by atoms with Gasteiger partial charge >= 0.3 is 0 Å². The number of fused-ring (bicyclic) bond motifs is 1. The number of amides is 1. The number of hydrogen-bond acceptors (Lipinski definition) is 3. The molecular formula is C14H13ClN4OS. The van der Waals surface area contributed by atoms with E-state index >= 15 is 0 Å². The fourth-order valence-electron chi connectivity index (χ4n) is 2.24. The molecule has 108 valence electrons. The molecule has 7 heteroatoms. The lowest BCUT2D eigenvalue weighted by Gasteiger charge is -2.00. The van der Waals surface area contributed by atoms with Crippen LogP contribution in [0.1, 0.15) is 16.1 Å². The Morgan fingerprint density at radius 3 is 2.71 bits per heavy atom. The fraction of sp³-hybridized carbons (Fsp3) is 0.214. The van der Waals surface area contributed by atoms with E-state index in [-0.39, 0.29) is 5.91 Å². The molecule has 1 amide bonds. The highest BCUT2D eigenvalue weighted by Gasteiger charge is 2.12. The highest BCUT2D eigenvalue weighted by atomic mass is 35.5. The van der Waals surface area contributed by atoms with Gasteiger partial charge in [-0.15, -0.1) is 0 Å². The van der Waals surface area contributed by atoms with Crippen molar-refractivity contribution in [3.63, 3.8) is 0 Å². The van der Waals surface area contributed by atoms with Gasteiger partial charge in [-0.3, -0.25) is 9.48 Å². The maximum Gasteiger partial charge on any atom is 0.297 e. The van der Waals surface area contributed by atoms with Gasteiger partial charge in [-0.25, -0.2) is 0 Å². The molecule has 0 radical (unpaired) electrons. The second-order valence-corrected chi connectivity index (χ2v) is 6.13. The lowest BCUT2D eigenvalue weighted by atomic mass is 10.2. The number of carbonyl (C=O) groups is 1. The lowest BCUT2D eigenvalue weighted by molar-refractivity contribution is 0.0989. The number of aromatic nitrogens is 3. The van der Waals surface area contributed by atoms with Crippen molar-refractivity contribution in [1.29, 1.82) is 0 Å². The van der Waals surface area contributed by atoms with Crippen molar-refractivity contribution in [3.8, 4) is 0 Å². The van der Waals surface area contributed by atoms with Gasteiger partial charge in [0, 0.05) is 20.3 Å². The Bertz CT molecular complexity index is 919. The Morgan fingerprint density at radius 2 is 2.10 bits per heavy atom. The molecule has 0 unspecified atom stereocenters. The molecule has 0 atom stereocenters. The van der Waals surface area contributed by atoms with Crippen LogP contribution in [0.25, 0.3) is 10.2 Å². The summed E-state index contributed by atoms with van der Waals surface area (Å²) in [6.07, 6.45) is 1.58. The second kappa shape index (κ2) is 5.13. The summed E-state index contributed by atoms with van der Waals surface area (Å²) in [6, 6.07) is 5.48. The number of hydrogen-bond donors (Lipinski definition) is 0. The predicted molar refractivity (Wildman–Crippen MR) is 83.6 cm³/mol. The molecule has 21 heavy (non-hydrogen) atoms. The number of carbonyl (C=O) groups excluding carboxylic acids is 1. The molecule has 1 aromatic carbocycles. The van der Waals surface area contributed by atoms with E-state index in [1.807, 2.05) is 30.7 Å². The topological polar surface area (TPSA) is 52.2 Å². The van der Waals surface area contributed by atoms with Crippen LogP contribution in [0.15, 0.2) is 29.4 Å². The quantitative estimate of drug-likeness (QED) is 0.692. The van der Waals surface area contributed by atoms with E-state index in [4.69, 9.17) is 11.6 Å². The number of benzene rings is 1. The van der Waals surface area contributed by atoms with Gasteiger partial charge in [-0.2, -0.15) is 10.1 Å². The van der Waals surface area contributed by atoms with Crippen LogP contribution in [0.4, 0.5) is 0 Å². The normalized spacial score (nSPS) is 12.3. The van der Waals surface area contributed by atoms with Crippen LogP contribution in [0.3, 0.4) is 0 Å². The molecule has 0 N–H and O–H groups in total. The number of thiazole rings is 1. The average Bonchev–Trinajstić information content (AvgIpc) is 3.00. The molecule has 0 spiro atoms. The molecule has 3 aromatic rings. The number of aryl methyl sites for hydroxylation is 3. The SMILES string of the molecule is Cc1ccc(Cl)c2sc(=NC(=O)c3ccnn3C)n(C)c12. The minimum absolute atomic E-state index is 0.314. The summed E-state index contributed by atoms with van der Waals surface area (Å²) in [6.45, 7) is 2.01. The average molecular weight is 321 g/mol. The zero-order valence-electron chi connectivity index (χ0n) is 11.8. The smallest absolute Gasteiger partial charge is 0.297 e. The minimum atomic E-state index is -0.314. The molecular weight excluding hydrogens is 308 g/mol. The van der Waals surface area contributed by atoms with Gasteiger partial charge in [-0.1, -0.05) is 29.0 Å². The summed E-state index contributed by atoms with van der Waals surface area (Å²) >= 11 is 7.64. The van der Waals surface area contributed by atoms with Crippen LogP contribution in [-0.4, -0.2) is 20.3 Å². The van der Waals surface area contributed by atoms with Crippen molar-refractivity contribution < 1.29 is 4.79 Å². The summed E-state index contributed by atoms with van der Waals surface area (Å²) in [5.41, 5.74) is 2.56. The number of rotatable bonds is 1. The predicted octanol–water partition coefficient (Wildman–Crippen LogP) is 2.68. The maximum atomic E-state index is 12.2. The van der Waals surface area contributed by atoms with Crippen molar-refractivity contribution in [2.75, 3.05) is 0 Å². The first-order chi connectivity index (χ1) is 9.99. The van der Waals surface area contributed by atoms with E-state index in [9.17, 15) is 4.79 Å². The van der Waals surface area contributed by atoms with E-state index in [1.165, 1.54) is 16.0 Å². The second-order valence-electron chi connectivity index (χ2n) is 4.74. The molecule has 5 nitrogen and oxygen atoms in total. The van der Waals surface area contributed by atoms with Gasteiger partial charge in [0.15, 0.2) is 4.80 Å². The molecule has 0 saturated carbocycles. The Morgan fingerprint density at radius 1 is 1.33 bits per heavy atom. The highest BCUT2D eigenvalue weighted by molar-refractivity contribution is 7.17. The van der Waals surface area contributed by atoms with Crippen LogP contribution >= 0.6 is 22.9 Å². The first-order valence-electron chi connectivity index (χ1n) is 6.30. The summed E-state index contributed by atoms with van der Waals surface area (Å²) in [5.74, 6) is -0.314. The van der Waals surface area contributed by atoms with Crippen LogP contribution in [0.5, 0.6) is 0 Å². The van der Waals surface area contributed by atoms with Gasteiger partial charge in [-0.05, 0) is 24.6 Å². The highest BCUT2D eigenvalue weighted by Crippen LogP contribution is 2.28. The monoisotopic (exact) mass is 320 g/mol. The zero-order valence-corrected chi connectivity index (χ0v) is 13.4. The fourth-order valence-corrected chi connectivity index (χ4v) is 3.61. The molecule has 2 aromatic heterocycles. The standard InChI is InChI=1S/C14H13ClN4OS/c1-8-4-5-9(15)12-11(8)18(2)14(21-12)17-13(20)10-6-7-16-19(10)3/h4-7H,1-3H3. The summed E-state index contributed by atoms with van der Waals surface area (Å²) < 4.78 is 4.35. The molecule has 3 rings (SSSR count). The number of nitrogens with zero attached hydrogens (tertiary/aromatic N) is 4. The van der Waals surface area contributed by atoms with E-state index in [0.29, 0.717) is 15.5 Å². The Labute approximate surface area is 130 Å². The van der Waals surface area contributed by atoms with Gasteiger partial charge in [0.05, 0.1) is 15.2 Å². The summed E-state index contributed by atoms with van der Waals surface area (Å²) in [7, 11) is 3.60. The van der Waals surface area contributed by atoms with Crippen LogP contribution < -0.4 is 4.80 Å². The largest absolute Gasteiger partial charge is 0.319 e. The maximum absolute atomic E-state index is 12.2. The summed E-state index contributed by atoms with van der Waals surface area (Å²) in [4.78, 5) is 17.1. The lowest BCUT2D eigenvalue weighted by Crippen LogP contribution is -2.15. The third kappa shape index (κ3) is 2.30. The third-order valence-corrected chi connectivity index (χ3v) is 4.93. The molecule has 0 fully saturated rings. The summed E-state index contributed by atoms with van der Waals surface area (Å²) in [5, 5.41) is 4.66. The molecule has 0 saturated heterocycles. The zero-order chi connectivity index (χ0) is 15.1. The Kier molecular flexibility index (Phi) is 3.43. The van der Waals surface area contributed by atoms with Crippen LogP contribution in [0, 0.1) is 6.92 Å². The minimum Gasteiger partial charge on any atom is -0.319 e. The molecule has 0 aliphatic rings. The van der Waals surface area contributed by atoms with E-state index in [1.54, 1.807) is 19.3 Å². The van der Waals surface area contributed by atoms with Crippen molar-refractivity contribution in [3.05, 3.63) is 45.5 Å². The van der Waals surface area contributed by atoms with Crippen LogP contribution in [0.2, 0.25) is 5.02 Å². The van der Waals surface area contributed by atoms with Gasteiger partial charge in [0.25, 0.3) is 5.91 Å². The molecule has 2 heterocycles. The first kappa shape index (κ1) is 14.0. The van der Waals surface area contributed by atoms with Crippen molar-refractivity contribution in [2.24, 2.45) is 19.1 Å². The molecule has 0 aliphatic heterocycles. The van der Waals surface area contributed by atoms with Gasteiger partial charge < -0.3 is 4.57 Å². The molecule has 0 aliphatic carbocycles. The van der Waals surface area contributed by atoms with E-state index < -0.39 is 0 Å². The van der Waals surface area contributed by atoms with Gasteiger partial charge in [0.1, 0.15) is 5.69 Å². The Hall–Kier alpha value is -1.92. The van der Waals surface area contributed by atoms with E-state index in [0.717, 1.165) is 15.8 Å². The van der Waals surface area contributed by atoms with Crippen molar-refractivity contribution >= 4 is 39.1 Å². The van der Waals surface area contributed by atoms with Crippen LogP contribution in [-0.2, 0) is 14.1 Å². The van der Waals surface area contributed by atoms with Crippen molar-refractivity contribution in [2.45, 2.75) is 6.92 Å². The third-order valence-electron chi connectivity index (χ3n) is 3.34. The number of halogens is 1. The van der Waals surface area contributed by atoms with E-state index in [2.05, 4.69) is 10.1 Å². The first-order valence-corrected chi connectivity index (χ1v) is 7.50. The van der Waals surface area contributed by atoms with Gasteiger partial charge in [0.2, 0.25) is 0 Å². The Balaban J connectivity index is 2.22. The molecule has 0 bridgehead atoms.